The summed E-state index contributed by atoms with van der Waals surface area (Å²) in [5.74, 6) is 0. The number of hydrogen-bond acceptors (Lipinski definition) is 3. The number of anilines is 6. The number of hydrogen-bond donors (Lipinski definition) is 0. The average molecular weight is 861 g/mol. The highest BCUT2D eigenvalue weighted by Crippen LogP contribution is 2.56. The van der Waals surface area contributed by atoms with E-state index in [-0.39, 0.29) is 32.5 Å². The first kappa shape index (κ1) is 42.8. The van der Waals surface area contributed by atoms with E-state index < -0.39 is 0 Å². The second-order valence-electron chi connectivity index (χ2n) is 23.6. The molecule has 328 valence electrons. The Morgan fingerprint density at radius 1 is 0.484 bits per heavy atom. The number of fused-ring (bicyclic) bond motifs is 6. The van der Waals surface area contributed by atoms with Crippen LogP contribution in [0.5, 0.6) is 0 Å². The normalized spacial score (nSPS) is 18.1. The standard InChI is InChI=1S/C61H68N2S/c1-15-42-52(62(40-27-29-47-50(31-40)59(9,10)36-57(47,5)6)41-28-30-48-51(32-41)60(11,12)37-58(48,7)8)21-18-22-53(42)63(39-25-23-38(24-26-39)56(2,3)4)54-35-64-55-34-49-44(33-45(54)55)43-19-16-17-20-46(43)61(49,13)14/h16-35H,15,36-37H2,1-14H3. The molecular formula is C61H68N2S. The van der Waals surface area contributed by atoms with Crippen LogP contribution in [0.4, 0.5) is 34.1 Å². The Labute approximate surface area is 388 Å². The zero-order valence-corrected chi connectivity index (χ0v) is 41.8. The lowest BCUT2D eigenvalue weighted by Gasteiger charge is -2.34. The first-order valence-electron chi connectivity index (χ1n) is 23.8. The van der Waals surface area contributed by atoms with Gasteiger partial charge in [0, 0.05) is 37.9 Å². The number of nitrogens with zero attached hydrogens (tertiary/aromatic N) is 2. The van der Waals surface area contributed by atoms with Gasteiger partial charge in [0.2, 0.25) is 0 Å². The first-order chi connectivity index (χ1) is 30.0. The van der Waals surface area contributed by atoms with Crippen molar-refractivity contribution in [2.75, 3.05) is 9.80 Å². The lowest BCUT2D eigenvalue weighted by atomic mass is 9.82. The highest BCUT2D eigenvalue weighted by atomic mass is 32.1. The largest absolute Gasteiger partial charge is 0.310 e. The van der Waals surface area contributed by atoms with Crippen molar-refractivity contribution >= 4 is 55.5 Å². The molecule has 3 aliphatic rings. The number of thiophene rings is 1. The fourth-order valence-corrected chi connectivity index (χ4v) is 13.9. The Morgan fingerprint density at radius 3 is 1.58 bits per heavy atom. The fourth-order valence-electron chi connectivity index (χ4n) is 12.9. The van der Waals surface area contributed by atoms with Crippen LogP contribution in [0.1, 0.15) is 154 Å². The van der Waals surface area contributed by atoms with Crippen LogP contribution in [-0.2, 0) is 38.9 Å². The summed E-state index contributed by atoms with van der Waals surface area (Å²) in [6.45, 7) is 33.5. The van der Waals surface area contributed by atoms with E-state index in [0.717, 1.165) is 19.3 Å². The van der Waals surface area contributed by atoms with E-state index in [0.29, 0.717) is 0 Å². The minimum Gasteiger partial charge on any atom is -0.310 e. The first-order valence-corrected chi connectivity index (χ1v) is 24.7. The molecule has 0 amide bonds. The molecule has 10 rings (SSSR count). The maximum absolute atomic E-state index is 2.60. The van der Waals surface area contributed by atoms with E-state index in [1.165, 1.54) is 99.8 Å². The highest BCUT2D eigenvalue weighted by Gasteiger charge is 2.44. The fraction of sp³-hybridized carbons (Fsp3) is 0.377. The third-order valence-corrected chi connectivity index (χ3v) is 16.6. The van der Waals surface area contributed by atoms with Gasteiger partial charge in [0.25, 0.3) is 0 Å². The highest BCUT2D eigenvalue weighted by molar-refractivity contribution is 7.17. The van der Waals surface area contributed by atoms with Gasteiger partial charge in [-0.25, -0.2) is 0 Å². The molecule has 3 aliphatic carbocycles. The van der Waals surface area contributed by atoms with Crippen LogP contribution in [-0.4, -0.2) is 0 Å². The second-order valence-corrected chi connectivity index (χ2v) is 24.5. The second kappa shape index (κ2) is 14.2. The van der Waals surface area contributed by atoms with E-state index in [4.69, 9.17) is 0 Å². The summed E-state index contributed by atoms with van der Waals surface area (Å²) in [4.78, 5) is 5.18. The Hall–Kier alpha value is -5.12. The van der Waals surface area contributed by atoms with Crippen molar-refractivity contribution in [1.82, 2.24) is 0 Å². The van der Waals surface area contributed by atoms with Gasteiger partial charge >= 0.3 is 0 Å². The van der Waals surface area contributed by atoms with Crippen molar-refractivity contribution in [2.45, 2.75) is 149 Å². The quantitative estimate of drug-likeness (QED) is 0.158. The molecule has 0 saturated carbocycles. The summed E-state index contributed by atoms with van der Waals surface area (Å²) >= 11 is 1.87. The van der Waals surface area contributed by atoms with E-state index in [9.17, 15) is 0 Å². The molecule has 64 heavy (non-hydrogen) atoms. The molecule has 0 unspecified atom stereocenters. The summed E-state index contributed by atoms with van der Waals surface area (Å²) in [5.41, 5.74) is 21.8. The van der Waals surface area contributed by atoms with Gasteiger partial charge in [0.15, 0.2) is 0 Å². The predicted molar refractivity (Wildman–Crippen MR) is 278 cm³/mol. The molecule has 2 nitrogen and oxygen atoms in total. The lowest BCUT2D eigenvalue weighted by Crippen LogP contribution is -2.19. The van der Waals surface area contributed by atoms with Crippen LogP contribution in [0.3, 0.4) is 0 Å². The van der Waals surface area contributed by atoms with Crippen LogP contribution in [0.25, 0.3) is 21.2 Å². The molecule has 0 bridgehead atoms. The van der Waals surface area contributed by atoms with Crippen molar-refractivity contribution in [2.24, 2.45) is 0 Å². The van der Waals surface area contributed by atoms with Gasteiger partial charge in [-0.2, -0.15) is 0 Å². The van der Waals surface area contributed by atoms with Crippen LogP contribution >= 0.6 is 11.3 Å². The summed E-state index contributed by atoms with van der Waals surface area (Å²) in [5, 5.41) is 3.71. The van der Waals surface area contributed by atoms with Crippen LogP contribution in [0.15, 0.2) is 121 Å². The smallest absolute Gasteiger partial charge is 0.0647 e. The topological polar surface area (TPSA) is 6.48 Å². The Balaban J connectivity index is 1.22. The van der Waals surface area contributed by atoms with E-state index in [1.807, 2.05) is 11.3 Å². The zero-order valence-electron chi connectivity index (χ0n) is 41.0. The molecule has 1 aromatic heterocycles. The summed E-state index contributed by atoms with van der Waals surface area (Å²) in [6.07, 6.45) is 3.14. The third kappa shape index (κ3) is 6.53. The molecule has 0 spiro atoms. The third-order valence-electron chi connectivity index (χ3n) is 15.7. The Morgan fingerprint density at radius 2 is 1.02 bits per heavy atom. The van der Waals surface area contributed by atoms with Crippen LogP contribution in [0.2, 0.25) is 0 Å². The van der Waals surface area contributed by atoms with Crippen molar-refractivity contribution in [3.05, 3.63) is 165 Å². The van der Waals surface area contributed by atoms with Gasteiger partial charge < -0.3 is 9.80 Å². The Kier molecular flexibility index (Phi) is 9.49. The Bertz CT molecular complexity index is 2920. The van der Waals surface area contributed by atoms with Gasteiger partial charge in [-0.3, -0.25) is 0 Å². The van der Waals surface area contributed by atoms with Crippen molar-refractivity contribution in [3.63, 3.8) is 0 Å². The molecule has 0 fully saturated rings. The SMILES string of the molecule is CCc1c(N(c2ccc3c(c2)C(C)(C)CC3(C)C)c2ccc3c(c2)C(C)(C)CC3(C)C)cccc1N(c1ccc(C(C)(C)C)cc1)c1csc2cc3c(cc12)-c1ccccc1C3(C)C. The molecule has 0 aliphatic heterocycles. The van der Waals surface area contributed by atoms with Crippen molar-refractivity contribution < 1.29 is 0 Å². The van der Waals surface area contributed by atoms with E-state index in [1.54, 1.807) is 0 Å². The molecule has 7 aromatic rings. The van der Waals surface area contributed by atoms with Gasteiger partial charge in [-0.15, -0.1) is 11.3 Å². The van der Waals surface area contributed by atoms with Crippen molar-refractivity contribution in [3.8, 4) is 11.1 Å². The van der Waals surface area contributed by atoms with E-state index in [2.05, 4.69) is 227 Å². The summed E-state index contributed by atoms with van der Waals surface area (Å²) < 4.78 is 1.33. The molecule has 6 aromatic carbocycles. The summed E-state index contributed by atoms with van der Waals surface area (Å²) in [6, 6.07) is 45.3. The maximum Gasteiger partial charge on any atom is 0.0647 e. The minimum atomic E-state index is -0.0506. The van der Waals surface area contributed by atoms with E-state index >= 15 is 0 Å². The molecule has 3 heteroatoms. The molecule has 0 saturated heterocycles. The minimum absolute atomic E-state index is 0.0491. The van der Waals surface area contributed by atoms with Crippen LogP contribution in [0, 0.1) is 0 Å². The maximum atomic E-state index is 2.60. The molecule has 0 N–H and O–H groups in total. The van der Waals surface area contributed by atoms with Crippen molar-refractivity contribution in [1.29, 1.82) is 0 Å². The number of benzene rings is 6. The van der Waals surface area contributed by atoms with Gasteiger partial charge in [0.05, 0.1) is 17.1 Å². The van der Waals surface area contributed by atoms with Gasteiger partial charge in [0.1, 0.15) is 0 Å². The zero-order chi connectivity index (χ0) is 45.5. The number of rotatable bonds is 7. The van der Waals surface area contributed by atoms with Gasteiger partial charge in [-0.1, -0.05) is 152 Å². The molecular weight excluding hydrogens is 793 g/mol. The average Bonchev–Trinajstić information content (AvgIpc) is 3.86. The van der Waals surface area contributed by atoms with Gasteiger partial charge in [-0.05, 0) is 163 Å². The molecule has 0 radical (unpaired) electrons. The predicted octanol–water partition coefficient (Wildman–Crippen LogP) is 17.9. The monoisotopic (exact) mass is 861 g/mol. The molecule has 1 heterocycles. The summed E-state index contributed by atoms with van der Waals surface area (Å²) in [7, 11) is 0. The lowest BCUT2D eigenvalue weighted by molar-refractivity contribution is 0.403. The molecule has 0 atom stereocenters. The van der Waals surface area contributed by atoms with Crippen LogP contribution < -0.4 is 9.80 Å².